The van der Waals surface area contributed by atoms with Crippen LogP contribution in [0.4, 0.5) is 0 Å². The van der Waals surface area contributed by atoms with E-state index in [-0.39, 0.29) is 0 Å². The molecule has 0 heterocycles. The van der Waals surface area contributed by atoms with Crippen LogP contribution in [0.2, 0.25) is 0 Å². The van der Waals surface area contributed by atoms with Gasteiger partial charge >= 0.3 is 0 Å². The lowest BCUT2D eigenvalue weighted by Gasteiger charge is -2.07. The fraction of sp³-hybridized carbons (Fsp3) is 0.625. The second-order valence-electron chi connectivity index (χ2n) is 4.79. The maximum absolute atomic E-state index is 5.73. The zero-order chi connectivity index (χ0) is 13.1. The summed E-state index contributed by atoms with van der Waals surface area (Å²) in [4.78, 5) is 0. The average molecular weight is 249 g/mol. The van der Waals surface area contributed by atoms with Gasteiger partial charge in [-0.3, -0.25) is 0 Å². The molecule has 0 aliphatic heterocycles. The van der Waals surface area contributed by atoms with E-state index in [0.29, 0.717) is 0 Å². The van der Waals surface area contributed by atoms with E-state index in [2.05, 4.69) is 36.5 Å². The maximum atomic E-state index is 5.73. The van der Waals surface area contributed by atoms with Crippen LogP contribution in [-0.2, 0) is 6.54 Å². The summed E-state index contributed by atoms with van der Waals surface area (Å²) in [7, 11) is 1.96. The summed E-state index contributed by atoms with van der Waals surface area (Å²) in [5.74, 6) is 0.989. The highest BCUT2D eigenvalue weighted by molar-refractivity contribution is 5.27. The van der Waals surface area contributed by atoms with Gasteiger partial charge in [-0.15, -0.1) is 0 Å². The molecule has 0 spiro atoms. The van der Waals surface area contributed by atoms with Gasteiger partial charge in [0.2, 0.25) is 0 Å². The molecule has 0 aliphatic rings. The van der Waals surface area contributed by atoms with Crippen molar-refractivity contribution in [3.63, 3.8) is 0 Å². The second kappa shape index (κ2) is 9.95. The predicted molar refractivity (Wildman–Crippen MR) is 78.1 cm³/mol. The monoisotopic (exact) mass is 249 g/mol. The normalized spacial score (nSPS) is 10.6. The van der Waals surface area contributed by atoms with Crippen LogP contribution in [0.15, 0.2) is 24.3 Å². The Kier molecular flexibility index (Phi) is 8.32. The molecule has 0 saturated heterocycles. The highest BCUT2D eigenvalue weighted by atomic mass is 16.5. The number of nitrogens with one attached hydrogen (secondary N) is 1. The lowest BCUT2D eigenvalue weighted by atomic mass is 10.1. The van der Waals surface area contributed by atoms with Gasteiger partial charge in [0.05, 0.1) is 6.61 Å². The molecule has 2 heteroatoms. The molecule has 1 aromatic rings. The summed E-state index contributed by atoms with van der Waals surface area (Å²) in [5, 5.41) is 3.14. The van der Waals surface area contributed by atoms with Crippen LogP contribution in [0.3, 0.4) is 0 Å². The number of hydrogen-bond donors (Lipinski definition) is 1. The molecule has 1 rings (SSSR count). The van der Waals surface area contributed by atoms with Gasteiger partial charge in [0.1, 0.15) is 5.75 Å². The summed E-state index contributed by atoms with van der Waals surface area (Å²) in [6.45, 7) is 4.01. The molecular weight excluding hydrogens is 222 g/mol. The second-order valence-corrected chi connectivity index (χ2v) is 4.79. The SMILES string of the molecule is CCCCCCCCOc1ccc(CNC)cc1. The number of ether oxygens (including phenoxy) is 1. The first kappa shape index (κ1) is 15.0. The van der Waals surface area contributed by atoms with Gasteiger partial charge in [0.15, 0.2) is 0 Å². The van der Waals surface area contributed by atoms with Crippen molar-refractivity contribution in [1.82, 2.24) is 5.32 Å². The Bertz CT molecular complexity index is 294. The van der Waals surface area contributed by atoms with Crippen molar-refractivity contribution in [2.45, 2.75) is 52.0 Å². The Morgan fingerprint density at radius 3 is 2.28 bits per heavy atom. The summed E-state index contributed by atoms with van der Waals surface area (Å²) >= 11 is 0. The summed E-state index contributed by atoms with van der Waals surface area (Å²) < 4.78 is 5.73. The van der Waals surface area contributed by atoms with E-state index in [1.165, 1.54) is 44.1 Å². The topological polar surface area (TPSA) is 21.3 Å². The van der Waals surface area contributed by atoms with E-state index in [1.807, 2.05) is 7.05 Å². The first-order chi connectivity index (χ1) is 8.86. The Morgan fingerprint density at radius 1 is 0.944 bits per heavy atom. The molecular formula is C16H27NO. The van der Waals surface area contributed by atoms with Crippen molar-refractivity contribution in [3.05, 3.63) is 29.8 Å². The van der Waals surface area contributed by atoms with Crippen LogP contribution in [-0.4, -0.2) is 13.7 Å². The fourth-order valence-electron chi connectivity index (χ4n) is 1.98. The molecule has 0 amide bonds. The minimum absolute atomic E-state index is 0.845. The van der Waals surface area contributed by atoms with Crippen LogP contribution in [0.1, 0.15) is 51.0 Å². The van der Waals surface area contributed by atoms with Crippen molar-refractivity contribution < 1.29 is 4.74 Å². The van der Waals surface area contributed by atoms with Gasteiger partial charge in [-0.2, -0.15) is 0 Å². The molecule has 0 aliphatic carbocycles. The molecule has 0 aromatic heterocycles. The van der Waals surface area contributed by atoms with E-state index in [4.69, 9.17) is 4.74 Å². The van der Waals surface area contributed by atoms with Crippen LogP contribution in [0, 0.1) is 0 Å². The first-order valence-electron chi connectivity index (χ1n) is 7.23. The smallest absolute Gasteiger partial charge is 0.119 e. The fourth-order valence-corrected chi connectivity index (χ4v) is 1.98. The first-order valence-corrected chi connectivity index (χ1v) is 7.23. The van der Waals surface area contributed by atoms with Crippen molar-refractivity contribution in [2.24, 2.45) is 0 Å². The molecule has 0 fully saturated rings. The van der Waals surface area contributed by atoms with Crippen molar-refractivity contribution in [1.29, 1.82) is 0 Å². The third kappa shape index (κ3) is 6.65. The van der Waals surface area contributed by atoms with Gasteiger partial charge in [0.25, 0.3) is 0 Å². The third-order valence-electron chi connectivity index (χ3n) is 3.07. The van der Waals surface area contributed by atoms with Crippen LogP contribution >= 0.6 is 0 Å². The quantitative estimate of drug-likeness (QED) is 0.629. The van der Waals surface area contributed by atoms with Gasteiger partial charge in [0, 0.05) is 6.54 Å². The van der Waals surface area contributed by atoms with Crippen LogP contribution in [0.5, 0.6) is 5.75 Å². The number of rotatable bonds is 10. The minimum atomic E-state index is 0.845. The van der Waals surface area contributed by atoms with Crippen LogP contribution < -0.4 is 10.1 Å². The van der Waals surface area contributed by atoms with Gasteiger partial charge in [-0.1, -0.05) is 51.2 Å². The van der Waals surface area contributed by atoms with Crippen LogP contribution in [0.25, 0.3) is 0 Å². The molecule has 0 radical (unpaired) electrons. The Balaban J connectivity index is 2.08. The zero-order valence-electron chi connectivity index (χ0n) is 11.9. The highest BCUT2D eigenvalue weighted by Gasteiger charge is 1.95. The molecule has 0 unspecified atom stereocenters. The van der Waals surface area contributed by atoms with E-state index in [0.717, 1.165) is 18.9 Å². The standard InChI is InChI=1S/C16H27NO/c1-3-4-5-6-7-8-13-18-16-11-9-15(10-12-16)14-17-2/h9-12,17H,3-8,13-14H2,1-2H3. The molecule has 1 N–H and O–H groups in total. The van der Waals surface area contributed by atoms with E-state index in [1.54, 1.807) is 0 Å². The van der Waals surface area contributed by atoms with Gasteiger partial charge < -0.3 is 10.1 Å². The Hall–Kier alpha value is -1.02. The lowest BCUT2D eigenvalue weighted by molar-refractivity contribution is 0.304. The molecule has 2 nitrogen and oxygen atoms in total. The average Bonchev–Trinajstić information content (AvgIpc) is 2.40. The predicted octanol–water partition coefficient (Wildman–Crippen LogP) is 4.15. The van der Waals surface area contributed by atoms with E-state index >= 15 is 0 Å². The molecule has 1 aromatic carbocycles. The van der Waals surface area contributed by atoms with Crippen molar-refractivity contribution in [3.8, 4) is 5.75 Å². The molecule has 102 valence electrons. The zero-order valence-corrected chi connectivity index (χ0v) is 11.9. The molecule has 18 heavy (non-hydrogen) atoms. The van der Waals surface area contributed by atoms with Crippen molar-refractivity contribution in [2.75, 3.05) is 13.7 Å². The molecule has 0 bridgehead atoms. The van der Waals surface area contributed by atoms with E-state index < -0.39 is 0 Å². The van der Waals surface area contributed by atoms with E-state index in [9.17, 15) is 0 Å². The van der Waals surface area contributed by atoms with Gasteiger partial charge in [-0.05, 0) is 31.2 Å². The largest absolute Gasteiger partial charge is 0.494 e. The Labute approximate surface area is 112 Å². The number of benzene rings is 1. The third-order valence-corrected chi connectivity index (χ3v) is 3.07. The minimum Gasteiger partial charge on any atom is -0.494 e. The summed E-state index contributed by atoms with van der Waals surface area (Å²) in [6, 6.07) is 8.35. The Morgan fingerprint density at radius 2 is 1.61 bits per heavy atom. The lowest BCUT2D eigenvalue weighted by Crippen LogP contribution is -2.04. The van der Waals surface area contributed by atoms with Gasteiger partial charge in [-0.25, -0.2) is 0 Å². The summed E-state index contributed by atoms with van der Waals surface area (Å²) in [5.41, 5.74) is 1.30. The molecule has 0 saturated carbocycles. The molecule has 0 atom stereocenters. The highest BCUT2D eigenvalue weighted by Crippen LogP contribution is 2.13. The maximum Gasteiger partial charge on any atom is 0.119 e. The van der Waals surface area contributed by atoms with Crippen molar-refractivity contribution >= 4 is 0 Å². The summed E-state index contributed by atoms with van der Waals surface area (Å²) in [6.07, 6.45) is 7.86. The number of unbranched alkanes of at least 4 members (excludes halogenated alkanes) is 5. The number of hydrogen-bond acceptors (Lipinski definition) is 2.